The van der Waals surface area contributed by atoms with Crippen LogP contribution in [0.2, 0.25) is 0 Å². The van der Waals surface area contributed by atoms with Gasteiger partial charge >= 0.3 is 0 Å². The van der Waals surface area contributed by atoms with E-state index in [1.807, 2.05) is 0 Å². The predicted molar refractivity (Wildman–Crippen MR) is 111 cm³/mol. The first-order valence-corrected chi connectivity index (χ1v) is 10.8. The van der Waals surface area contributed by atoms with Gasteiger partial charge in [0.2, 0.25) is 15.9 Å². The molecular weight excluding hydrogens is 409 g/mol. The highest BCUT2D eigenvalue weighted by molar-refractivity contribution is 7.15. The summed E-state index contributed by atoms with van der Waals surface area (Å²) in [5.41, 5.74) is 0.414. The molecule has 0 saturated carbocycles. The number of unbranched alkanes of at least 4 members (excludes halogenated alkanes) is 1. The van der Waals surface area contributed by atoms with Crippen LogP contribution < -0.4 is 10.6 Å². The molecule has 8 nitrogen and oxygen atoms in total. The highest BCUT2D eigenvalue weighted by Crippen LogP contribution is 2.21. The van der Waals surface area contributed by atoms with Crippen molar-refractivity contribution >= 4 is 34.7 Å². The van der Waals surface area contributed by atoms with Crippen molar-refractivity contribution in [2.45, 2.75) is 32.6 Å². The summed E-state index contributed by atoms with van der Waals surface area (Å²) < 4.78 is 13.0. The smallest absolute Gasteiger partial charge is 0.286 e. The van der Waals surface area contributed by atoms with Crippen LogP contribution in [0.5, 0.6) is 0 Å². The third kappa shape index (κ3) is 5.59. The average Bonchev–Trinajstić information content (AvgIpc) is 3.25. The van der Waals surface area contributed by atoms with Gasteiger partial charge in [0.1, 0.15) is 5.82 Å². The molecule has 10 heteroatoms. The van der Waals surface area contributed by atoms with Gasteiger partial charge in [-0.3, -0.25) is 14.4 Å². The lowest BCUT2D eigenvalue weighted by Crippen LogP contribution is -2.45. The zero-order valence-corrected chi connectivity index (χ0v) is 17.5. The van der Waals surface area contributed by atoms with Crippen LogP contribution in [0.15, 0.2) is 24.3 Å². The van der Waals surface area contributed by atoms with E-state index in [4.69, 9.17) is 0 Å². The molecule has 2 heterocycles. The summed E-state index contributed by atoms with van der Waals surface area (Å²) in [5, 5.41) is 13.3. The lowest BCUT2D eigenvalue weighted by atomic mass is 9.97. The highest BCUT2D eigenvalue weighted by atomic mass is 32.1. The van der Waals surface area contributed by atoms with E-state index >= 15 is 0 Å². The van der Waals surface area contributed by atoms with Gasteiger partial charge in [-0.2, -0.15) is 0 Å². The fourth-order valence-corrected chi connectivity index (χ4v) is 3.87. The number of nitrogens with zero attached hydrogens (tertiary/aromatic N) is 3. The van der Waals surface area contributed by atoms with Gasteiger partial charge in [-0.25, -0.2) is 4.39 Å². The van der Waals surface area contributed by atoms with Crippen molar-refractivity contribution in [2.24, 2.45) is 5.92 Å². The van der Waals surface area contributed by atoms with Crippen LogP contribution in [0.25, 0.3) is 0 Å². The number of nitrogens with one attached hydrogen (secondary N) is 2. The van der Waals surface area contributed by atoms with Gasteiger partial charge in [0.05, 0.1) is 5.92 Å². The van der Waals surface area contributed by atoms with E-state index < -0.39 is 11.7 Å². The van der Waals surface area contributed by atoms with Crippen LogP contribution in [-0.4, -0.2) is 52.5 Å². The number of amides is 3. The SMILES string of the molecule is CCCCNC(=O)C1CCCN(C(=O)c2nnc(C(=O)Nc3ccc(F)cc3)s2)C1. The van der Waals surface area contributed by atoms with Gasteiger partial charge in [0, 0.05) is 25.3 Å². The summed E-state index contributed by atoms with van der Waals surface area (Å²) in [6.45, 7) is 3.56. The first-order chi connectivity index (χ1) is 14.5. The monoisotopic (exact) mass is 433 g/mol. The molecule has 160 valence electrons. The second-order valence-corrected chi connectivity index (χ2v) is 8.09. The Morgan fingerprint density at radius 2 is 1.93 bits per heavy atom. The van der Waals surface area contributed by atoms with Crippen molar-refractivity contribution in [2.75, 3.05) is 25.0 Å². The summed E-state index contributed by atoms with van der Waals surface area (Å²) in [4.78, 5) is 39.0. The summed E-state index contributed by atoms with van der Waals surface area (Å²) in [7, 11) is 0. The molecule has 0 radical (unpaired) electrons. The van der Waals surface area contributed by atoms with Crippen LogP contribution in [0.4, 0.5) is 10.1 Å². The first-order valence-electron chi connectivity index (χ1n) is 9.95. The van der Waals surface area contributed by atoms with Gasteiger partial charge in [0.15, 0.2) is 0 Å². The van der Waals surface area contributed by atoms with E-state index in [9.17, 15) is 18.8 Å². The quantitative estimate of drug-likeness (QED) is 0.654. The maximum absolute atomic E-state index is 13.0. The predicted octanol–water partition coefficient (Wildman–Crippen LogP) is 2.70. The highest BCUT2D eigenvalue weighted by Gasteiger charge is 2.30. The zero-order chi connectivity index (χ0) is 21.5. The van der Waals surface area contributed by atoms with E-state index in [0.717, 1.165) is 37.0 Å². The Morgan fingerprint density at radius 1 is 1.20 bits per heavy atom. The number of likely N-dealkylation sites (tertiary alicyclic amines) is 1. The Kier molecular flexibility index (Phi) is 7.45. The molecule has 1 aliphatic rings. The minimum absolute atomic E-state index is 0.0300. The Labute approximate surface area is 177 Å². The Hall–Kier alpha value is -2.88. The van der Waals surface area contributed by atoms with Crippen molar-refractivity contribution in [3.05, 3.63) is 40.1 Å². The minimum atomic E-state index is -0.523. The van der Waals surface area contributed by atoms with Gasteiger partial charge in [-0.15, -0.1) is 10.2 Å². The van der Waals surface area contributed by atoms with E-state index in [-0.39, 0.29) is 27.7 Å². The average molecular weight is 434 g/mol. The molecule has 2 N–H and O–H groups in total. The molecule has 1 fully saturated rings. The van der Waals surface area contributed by atoms with Crippen LogP contribution in [0.1, 0.15) is 52.2 Å². The molecule has 0 bridgehead atoms. The second kappa shape index (κ2) is 10.2. The molecule has 3 amide bonds. The zero-order valence-electron chi connectivity index (χ0n) is 16.7. The maximum Gasteiger partial charge on any atom is 0.286 e. The molecule has 1 saturated heterocycles. The fraction of sp³-hybridized carbons (Fsp3) is 0.450. The molecular formula is C20H24FN5O3S. The molecule has 1 aromatic carbocycles. The number of piperidine rings is 1. The number of carbonyl (C=O) groups excluding carboxylic acids is 3. The summed E-state index contributed by atoms with van der Waals surface area (Å²) in [6, 6.07) is 5.32. The molecule has 1 atom stereocenters. The largest absolute Gasteiger partial charge is 0.356 e. The van der Waals surface area contributed by atoms with Crippen LogP contribution in [0, 0.1) is 11.7 Å². The van der Waals surface area contributed by atoms with Crippen molar-refractivity contribution < 1.29 is 18.8 Å². The maximum atomic E-state index is 13.0. The van der Waals surface area contributed by atoms with Gasteiger partial charge in [-0.1, -0.05) is 24.7 Å². The van der Waals surface area contributed by atoms with Gasteiger partial charge in [-0.05, 0) is 43.5 Å². The molecule has 0 aliphatic carbocycles. The third-order valence-electron chi connectivity index (χ3n) is 4.81. The number of hydrogen-bond acceptors (Lipinski definition) is 6. The van der Waals surface area contributed by atoms with Crippen LogP contribution in [0.3, 0.4) is 0 Å². The van der Waals surface area contributed by atoms with E-state index in [1.54, 1.807) is 4.90 Å². The van der Waals surface area contributed by atoms with E-state index in [2.05, 4.69) is 27.8 Å². The summed E-state index contributed by atoms with van der Waals surface area (Å²) in [6.07, 6.45) is 3.40. The van der Waals surface area contributed by atoms with Crippen molar-refractivity contribution in [3.8, 4) is 0 Å². The molecule has 30 heavy (non-hydrogen) atoms. The van der Waals surface area contributed by atoms with Gasteiger partial charge < -0.3 is 15.5 Å². The molecule has 0 spiro atoms. The Bertz CT molecular complexity index is 902. The number of aromatic nitrogens is 2. The van der Waals surface area contributed by atoms with Crippen molar-refractivity contribution in [3.63, 3.8) is 0 Å². The fourth-order valence-electron chi connectivity index (χ4n) is 3.16. The normalized spacial score (nSPS) is 16.2. The van der Waals surface area contributed by atoms with Crippen LogP contribution >= 0.6 is 11.3 Å². The number of anilines is 1. The van der Waals surface area contributed by atoms with E-state index in [1.165, 1.54) is 24.3 Å². The van der Waals surface area contributed by atoms with E-state index in [0.29, 0.717) is 25.3 Å². The molecule has 1 aliphatic heterocycles. The van der Waals surface area contributed by atoms with Crippen LogP contribution in [-0.2, 0) is 4.79 Å². The number of benzene rings is 1. The first kappa shape index (κ1) is 21.8. The lowest BCUT2D eigenvalue weighted by molar-refractivity contribution is -0.126. The number of carbonyl (C=O) groups is 3. The number of rotatable bonds is 7. The molecule has 2 aromatic rings. The standard InChI is InChI=1S/C20H24FN5O3S/c1-2-3-10-22-16(27)13-5-4-11-26(12-13)20(29)19-25-24-18(30-19)17(28)23-15-8-6-14(21)7-9-15/h6-9,13H,2-5,10-12H2,1H3,(H,22,27)(H,23,28). The second-order valence-electron chi connectivity index (χ2n) is 7.11. The van der Waals surface area contributed by atoms with Crippen molar-refractivity contribution in [1.82, 2.24) is 20.4 Å². The topological polar surface area (TPSA) is 104 Å². The van der Waals surface area contributed by atoms with Crippen molar-refractivity contribution in [1.29, 1.82) is 0 Å². The third-order valence-corrected chi connectivity index (χ3v) is 5.72. The Morgan fingerprint density at radius 3 is 2.67 bits per heavy atom. The summed E-state index contributed by atoms with van der Waals surface area (Å²) in [5.74, 6) is -1.54. The van der Waals surface area contributed by atoms with Gasteiger partial charge in [0.25, 0.3) is 11.8 Å². The number of halogens is 1. The summed E-state index contributed by atoms with van der Waals surface area (Å²) >= 11 is 0.892. The molecule has 1 aromatic heterocycles. The molecule has 1 unspecified atom stereocenters. The molecule has 3 rings (SSSR count). The number of hydrogen-bond donors (Lipinski definition) is 2. The lowest BCUT2D eigenvalue weighted by Gasteiger charge is -2.31. The minimum Gasteiger partial charge on any atom is -0.356 e. The Balaban J connectivity index is 1.59.